The van der Waals surface area contributed by atoms with Gasteiger partial charge in [-0.05, 0) is 0 Å². The monoisotopic (exact) mass is 136 g/mol. The zero-order valence-corrected chi connectivity index (χ0v) is 4.59. The van der Waals surface area contributed by atoms with Crippen LogP contribution < -0.4 is 5.73 Å². The number of nitrogens with two attached hydrogens (primary N) is 1. The summed E-state index contributed by atoms with van der Waals surface area (Å²) in [4.78, 5) is 0. The molecule has 0 aliphatic carbocycles. The Morgan fingerprint density at radius 1 is 1.75 bits per heavy atom. The van der Waals surface area contributed by atoms with Crippen LogP contribution in [0.15, 0.2) is 0 Å². The highest BCUT2D eigenvalue weighted by molar-refractivity contribution is 7.86. The summed E-state index contributed by atoms with van der Waals surface area (Å²) in [5.74, 6) is 0. The first kappa shape index (κ1) is 7.36. The lowest BCUT2D eigenvalue weighted by Gasteiger charge is -1.92. The number of hydrogen-bond acceptors (Lipinski definition) is 4. The second-order valence-corrected chi connectivity index (χ2v) is 2.60. The predicted molar refractivity (Wildman–Crippen MR) is 25.1 cm³/mol. The van der Waals surface area contributed by atoms with Crippen LogP contribution in [0.3, 0.4) is 0 Å². The smallest absolute Gasteiger partial charge is 0.294 e. The van der Waals surface area contributed by atoms with Crippen molar-refractivity contribution in [3.63, 3.8) is 0 Å². The van der Waals surface area contributed by atoms with E-state index in [4.69, 9.17) is 9.81 Å². The topological polar surface area (TPSA) is 104 Å². The van der Waals surface area contributed by atoms with Crippen molar-refractivity contribution in [3.05, 3.63) is 0 Å². The van der Waals surface area contributed by atoms with Crippen molar-refractivity contribution < 1.29 is 13.0 Å². The third-order valence-electron chi connectivity index (χ3n) is 0.448. The maximum Gasteiger partial charge on any atom is 0.294 e. The average molecular weight is 136 g/mol. The molecule has 0 radical (unpaired) electrons. The van der Waals surface area contributed by atoms with E-state index in [0.29, 0.717) is 0 Å². The van der Waals surface area contributed by atoms with Crippen molar-refractivity contribution in [1.29, 1.82) is 5.26 Å². The Balaban J connectivity index is 4.34. The quantitative estimate of drug-likeness (QED) is 0.435. The lowest BCUT2D eigenvalue weighted by atomic mass is 10.8. The second kappa shape index (κ2) is 2.09. The molecule has 0 heterocycles. The Hall–Kier alpha value is -0.640. The fraction of sp³-hybridized carbons (Fsp3) is 0.500. The maximum atomic E-state index is 9.77. The van der Waals surface area contributed by atoms with Crippen molar-refractivity contribution in [1.82, 2.24) is 0 Å². The van der Waals surface area contributed by atoms with E-state index in [1.54, 1.807) is 0 Å². The van der Waals surface area contributed by atoms with Crippen LogP contribution in [-0.4, -0.2) is 18.3 Å². The minimum atomic E-state index is -4.34. The Morgan fingerprint density at radius 2 is 2.12 bits per heavy atom. The molecule has 0 amide bonds. The highest BCUT2D eigenvalue weighted by Crippen LogP contribution is 1.84. The van der Waals surface area contributed by atoms with Crippen LogP contribution in [-0.2, 0) is 10.1 Å². The van der Waals surface area contributed by atoms with Crippen LogP contribution >= 0.6 is 0 Å². The number of hydrogen-bond donors (Lipinski definition) is 2. The minimum absolute atomic E-state index is 1.14. The van der Waals surface area contributed by atoms with Crippen LogP contribution in [0.2, 0.25) is 0 Å². The van der Waals surface area contributed by atoms with E-state index < -0.39 is 15.5 Å². The maximum absolute atomic E-state index is 9.77. The molecule has 0 aromatic heterocycles. The van der Waals surface area contributed by atoms with Gasteiger partial charge in [-0.25, -0.2) is 0 Å². The minimum Gasteiger partial charge on any atom is -0.301 e. The van der Waals surface area contributed by atoms with Gasteiger partial charge < -0.3 is 5.73 Å². The molecule has 1 atom stereocenters. The number of nitriles is 1. The molecule has 0 aromatic rings. The third kappa shape index (κ3) is 1.88. The van der Waals surface area contributed by atoms with E-state index in [1.807, 2.05) is 0 Å². The van der Waals surface area contributed by atoms with Gasteiger partial charge in [0.15, 0.2) is 0 Å². The average Bonchev–Trinajstić information content (AvgIpc) is 1.62. The van der Waals surface area contributed by atoms with Gasteiger partial charge in [0.2, 0.25) is 5.37 Å². The fourth-order valence-corrected chi connectivity index (χ4v) is 0.200. The largest absolute Gasteiger partial charge is 0.301 e. The second-order valence-electron chi connectivity index (χ2n) is 1.06. The van der Waals surface area contributed by atoms with Gasteiger partial charge in [-0.15, -0.1) is 0 Å². The number of nitrogens with zero attached hydrogens (tertiary/aromatic N) is 1. The lowest BCUT2D eigenvalue weighted by molar-refractivity contribution is 0.477. The Kier molecular flexibility index (Phi) is 1.92. The first-order valence-electron chi connectivity index (χ1n) is 1.60. The van der Waals surface area contributed by atoms with Crippen LogP contribution in [0.5, 0.6) is 0 Å². The molecule has 3 N–H and O–H groups in total. The lowest BCUT2D eigenvalue weighted by Crippen LogP contribution is -2.27. The molecule has 46 valence electrons. The molecule has 1 unspecified atom stereocenters. The van der Waals surface area contributed by atoms with Gasteiger partial charge in [-0.3, -0.25) is 4.55 Å². The van der Waals surface area contributed by atoms with E-state index in [9.17, 15) is 8.42 Å². The number of rotatable bonds is 1. The molecular weight excluding hydrogens is 132 g/mol. The Labute approximate surface area is 46.5 Å². The summed E-state index contributed by atoms with van der Waals surface area (Å²) in [6, 6.07) is 1.14. The fourth-order valence-electron chi connectivity index (χ4n) is 0.0666. The van der Waals surface area contributed by atoms with Crippen LogP contribution in [0.25, 0.3) is 0 Å². The van der Waals surface area contributed by atoms with Crippen LogP contribution in [0.1, 0.15) is 0 Å². The molecular formula is C2H4N2O3S. The van der Waals surface area contributed by atoms with Gasteiger partial charge in [0.05, 0.1) is 0 Å². The van der Waals surface area contributed by atoms with Crippen LogP contribution in [0.4, 0.5) is 0 Å². The van der Waals surface area contributed by atoms with Gasteiger partial charge in [0, 0.05) is 0 Å². The molecule has 0 aliphatic heterocycles. The van der Waals surface area contributed by atoms with Gasteiger partial charge in [0.25, 0.3) is 10.1 Å². The molecule has 0 spiro atoms. The SMILES string of the molecule is N#CC(N)S(=O)(=O)O. The van der Waals surface area contributed by atoms with Gasteiger partial charge in [0.1, 0.15) is 6.07 Å². The summed E-state index contributed by atoms with van der Waals surface area (Å²) in [6.07, 6.45) is 0. The zero-order valence-electron chi connectivity index (χ0n) is 3.77. The van der Waals surface area contributed by atoms with E-state index in [0.717, 1.165) is 6.07 Å². The summed E-state index contributed by atoms with van der Waals surface area (Å²) in [6.45, 7) is 0. The summed E-state index contributed by atoms with van der Waals surface area (Å²) < 4.78 is 27.5. The van der Waals surface area contributed by atoms with Crippen molar-refractivity contribution in [3.8, 4) is 6.07 Å². The third-order valence-corrected chi connectivity index (χ3v) is 1.20. The summed E-state index contributed by atoms with van der Waals surface area (Å²) >= 11 is 0. The molecule has 0 saturated heterocycles. The van der Waals surface area contributed by atoms with Crippen molar-refractivity contribution in [2.75, 3.05) is 0 Å². The van der Waals surface area contributed by atoms with E-state index in [2.05, 4.69) is 5.73 Å². The molecule has 0 fully saturated rings. The normalized spacial score (nSPS) is 14.6. The van der Waals surface area contributed by atoms with Crippen molar-refractivity contribution in [2.45, 2.75) is 5.37 Å². The highest BCUT2D eigenvalue weighted by Gasteiger charge is 2.15. The van der Waals surface area contributed by atoms with E-state index in [1.165, 1.54) is 0 Å². The zero-order chi connectivity index (χ0) is 6.78. The predicted octanol–water partition coefficient (Wildman–Crippen LogP) is -1.32. The summed E-state index contributed by atoms with van der Waals surface area (Å²) in [5, 5.41) is 5.94. The van der Waals surface area contributed by atoms with E-state index in [-0.39, 0.29) is 0 Å². The molecule has 6 heteroatoms. The molecule has 0 rings (SSSR count). The first-order valence-corrected chi connectivity index (χ1v) is 3.10. The van der Waals surface area contributed by atoms with Crippen molar-refractivity contribution >= 4 is 10.1 Å². The molecule has 5 nitrogen and oxygen atoms in total. The first-order chi connectivity index (χ1) is 3.48. The molecule has 0 saturated carbocycles. The van der Waals surface area contributed by atoms with Gasteiger partial charge >= 0.3 is 0 Å². The van der Waals surface area contributed by atoms with Gasteiger partial charge in [-0.1, -0.05) is 0 Å². The Bertz CT molecular complexity index is 200. The van der Waals surface area contributed by atoms with E-state index >= 15 is 0 Å². The molecule has 0 aromatic carbocycles. The van der Waals surface area contributed by atoms with Gasteiger partial charge in [-0.2, -0.15) is 13.7 Å². The molecule has 0 bridgehead atoms. The summed E-state index contributed by atoms with van der Waals surface area (Å²) in [7, 11) is -4.34. The Morgan fingerprint density at radius 3 is 2.12 bits per heavy atom. The van der Waals surface area contributed by atoms with Crippen LogP contribution in [0, 0.1) is 11.3 Å². The molecule has 8 heavy (non-hydrogen) atoms. The molecule has 0 aliphatic rings. The highest BCUT2D eigenvalue weighted by atomic mass is 32.2. The summed E-state index contributed by atoms with van der Waals surface area (Å²) in [5.41, 5.74) is 4.55. The standard InChI is InChI=1S/C2H4N2O3S/c3-1-2(4)8(5,6)7/h2H,4H2,(H,5,6,7). The van der Waals surface area contributed by atoms with Crippen molar-refractivity contribution in [2.24, 2.45) is 5.73 Å².